The van der Waals surface area contributed by atoms with E-state index in [4.69, 9.17) is 4.42 Å². The van der Waals surface area contributed by atoms with Crippen LogP contribution in [0.3, 0.4) is 0 Å². The van der Waals surface area contributed by atoms with Gasteiger partial charge >= 0.3 is 0 Å². The molecule has 0 bridgehead atoms. The third-order valence-electron chi connectivity index (χ3n) is 4.32. The molecule has 3 aromatic rings. The Bertz CT molecular complexity index is 1070. The zero-order valence-electron chi connectivity index (χ0n) is 17.8. The molecule has 1 heterocycles. The first-order valence-corrected chi connectivity index (χ1v) is 11.7. The largest absolute Gasteiger partial charge is 0.444 e. The maximum absolute atomic E-state index is 12.2. The fourth-order valence-corrected chi connectivity index (χ4v) is 3.66. The SMILES string of the molecule is CCNC(=NCc1coc(-c2ccccc2)n1)NCCS(=O)(=O)NCc1ccccc1.I. The third kappa shape index (κ3) is 8.60. The van der Waals surface area contributed by atoms with Gasteiger partial charge in [-0.2, -0.15) is 0 Å². The number of guanidine groups is 1. The lowest BCUT2D eigenvalue weighted by Gasteiger charge is -2.11. The molecule has 0 fully saturated rings. The molecule has 0 aliphatic carbocycles. The number of oxazole rings is 1. The van der Waals surface area contributed by atoms with E-state index in [-0.39, 0.29) is 42.8 Å². The standard InChI is InChI=1S/C22H27N5O3S.HI/c1-2-23-22(24-13-14-31(28,29)26-15-18-9-5-3-6-10-18)25-16-20-17-30-21(27-20)19-11-7-4-8-12-19;/h3-12,17,26H,2,13-16H2,1H3,(H2,23,24,25);1H. The molecular weight excluding hydrogens is 541 g/mol. The third-order valence-corrected chi connectivity index (χ3v) is 5.64. The zero-order valence-corrected chi connectivity index (χ0v) is 21.0. The highest BCUT2D eigenvalue weighted by molar-refractivity contribution is 14.0. The van der Waals surface area contributed by atoms with Crippen LogP contribution < -0.4 is 15.4 Å². The number of nitrogens with zero attached hydrogens (tertiary/aromatic N) is 2. The first-order chi connectivity index (χ1) is 15.1. The number of aromatic nitrogens is 1. The molecule has 0 saturated carbocycles. The summed E-state index contributed by atoms with van der Waals surface area (Å²) in [5.41, 5.74) is 2.50. The van der Waals surface area contributed by atoms with Crippen molar-refractivity contribution in [3.8, 4) is 11.5 Å². The van der Waals surface area contributed by atoms with E-state index in [1.807, 2.05) is 67.6 Å². The average molecular weight is 569 g/mol. The molecular formula is C22H28IN5O3S. The van der Waals surface area contributed by atoms with Gasteiger partial charge in [0.25, 0.3) is 0 Å². The van der Waals surface area contributed by atoms with Crippen molar-refractivity contribution in [3.05, 3.63) is 78.2 Å². The summed E-state index contributed by atoms with van der Waals surface area (Å²) in [5.74, 6) is 0.996. The van der Waals surface area contributed by atoms with Gasteiger partial charge in [-0.1, -0.05) is 48.5 Å². The predicted molar refractivity (Wildman–Crippen MR) is 137 cm³/mol. The van der Waals surface area contributed by atoms with Crippen LogP contribution in [-0.4, -0.2) is 38.2 Å². The van der Waals surface area contributed by atoms with Gasteiger partial charge in [-0.3, -0.25) is 0 Å². The molecule has 0 aliphatic heterocycles. The smallest absolute Gasteiger partial charge is 0.226 e. The van der Waals surface area contributed by atoms with E-state index in [2.05, 4.69) is 25.3 Å². The first kappa shape index (κ1) is 25.8. The molecule has 8 nitrogen and oxygen atoms in total. The van der Waals surface area contributed by atoms with Crippen molar-refractivity contribution in [3.63, 3.8) is 0 Å². The number of halogens is 1. The minimum atomic E-state index is -3.41. The van der Waals surface area contributed by atoms with Crippen LogP contribution in [0, 0.1) is 0 Å². The Morgan fingerprint density at radius 2 is 1.72 bits per heavy atom. The summed E-state index contributed by atoms with van der Waals surface area (Å²) < 4.78 is 32.6. The Morgan fingerprint density at radius 1 is 1.03 bits per heavy atom. The molecule has 32 heavy (non-hydrogen) atoms. The lowest BCUT2D eigenvalue weighted by atomic mass is 10.2. The van der Waals surface area contributed by atoms with E-state index in [0.717, 1.165) is 11.1 Å². The number of hydrogen-bond donors (Lipinski definition) is 3. The fourth-order valence-electron chi connectivity index (χ4n) is 2.76. The van der Waals surface area contributed by atoms with Crippen molar-refractivity contribution in [2.45, 2.75) is 20.0 Å². The highest BCUT2D eigenvalue weighted by atomic mass is 127. The van der Waals surface area contributed by atoms with Crippen LogP contribution >= 0.6 is 24.0 Å². The van der Waals surface area contributed by atoms with Crippen molar-refractivity contribution in [1.29, 1.82) is 0 Å². The first-order valence-electron chi connectivity index (χ1n) is 10.1. The Balaban J connectivity index is 0.00000363. The van der Waals surface area contributed by atoms with Gasteiger partial charge in [-0.05, 0) is 24.6 Å². The Hall–Kier alpha value is -2.44. The minimum Gasteiger partial charge on any atom is -0.444 e. The minimum absolute atomic E-state index is 0. The van der Waals surface area contributed by atoms with Crippen molar-refractivity contribution in [2.75, 3.05) is 18.8 Å². The van der Waals surface area contributed by atoms with Crippen LogP contribution in [0.1, 0.15) is 18.2 Å². The molecule has 172 valence electrons. The van der Waals surface area contributed by atoms with Crippen molar-refractivity contribution < 1.29 is 12.8 Å². The van der Waals surface area contributed by atoms with Gasteiger partial charge in [0.2, 0.25) is 15.9 Å². The molecule has 0 unspecified atom stereocenters. The summed E-state index contributed by atoms with van der Waals surface area (Å²) in [6.07, 6.45) is 1.58. The fraction of sp³-hybridized carbons (Fsp3) is 0.273. The molecule has 0 radical (unpaired) electrons. The molecule has 10 heteroatoms. The van der Waals surface area contributed by atoms with Crippen LogP contribution in [0.15, 0.2) is 76.3 Å². The van der Waals surface area contributed by atoms with Crippen molar-refractivity contribution in [2.24, 2.45) is 4.99 Å². The van der Waals surface area contributed by atoms with Crippen molar-refractivity contribution >= 4 is 40.0 Å². The monoisotopic (exact) mass is 569 g/mol. The second-order valence-electron chi connectivity index (χ2n) is 6.76. The van der Waals surface area contributed by atoms with Crippen LogP contribution in [0.5, 0.6) is 0 Å². The number of nitrogens with one attached hydrogen (secondary N) is 3. The second kappa shape index (κ2) is 13.2. The highest BCUT2D eigenvalue weighted by Crippen LogP contribution is 2.18. The maximum atomic E-state index is 12.2. The average Bonchev–Trinajstić information content (AvgIpc) is 3.26. The number of aliphatic imine (C=N–C) groups is 1. The molecule has 0 amide bonds. The van der Waals surface area contributed by atoms with E-state index < -0.39 is 10.0 Å². The second-order valence-corrected chi connectivity index (χ2v) is 8.68. The molecule has 0 atom stereocenters. The normalized spacial score (nSPS) is 11.6. The molecule has 0 saturated heterocycles. The van der Waals surface area contributed by atoms with E-state index >= 15 is 0 Å². The topological polar surface area (TPSA) is 109 Å². The summed E-state index contributed by atoms with van der Waals surface area (Å²) in [6.45, 7) is 3.40. The summed E-state index contributed by atoms with van der Waals surface area (Å²) in [4.78, 5) is 8.91. The Morgan fingerprint density at radius 3 is 2.41 bits per heavy atom. The van der Waals surface area contributed by atoms with Gasteiger partial charge in [0, 0.05) is 25.2 Å². The quantitative estimate of drug-likeness (QED) is 0.197. The van der Waals surface area contributed by atoms with Crippen molar-refractivity contribution in [1.82, 2.24) is 20.3 Å². The predicted octanol–water partition coefficient (Wildman–Crippen LogP) is 3.13. The van der Waals surface area contributed by atoms with Gasteiger partial charge in [0.05, 0.1) is 12.3 Å². The maximum Gasteiger partial charge on any atom is 0.226 e. The zero-order chi connectivity index (χ0) is 21.9. The lowest BCUT2D eigenvalue weighted by molar-refractivity contribution is 0.572. The van der Waals surface area contributed by atoms with Gasteiger partial charge in [-0.25, -0.2) is 23.1 Å². The van der Waals surface area contributed by atoms with E-state index in [9.17, 15) is 8.42 Å². The van der Waals surface area contributed by atoms with Crippen LogP contribution in [0.2, 0.25) is 0 Å². The number of rotatable bonds is 10. The van der Waals surface area contributed by atoms with Crippen LogP contribution in [-0.2, 0) is 23.1 Å². The summed E-state index contributed by atoms with van der Waals surface area (Å²) in [7, 11) is -3.41. The van der Waals surface area contributed by atoms with Gasteiger partial charge in [0.15, 0.2) is 5.96 Å². The van der Waals surface area contributed by atoms with Gasteiger partial charge in [0.1, 0.15) is 12.0 Å². The van der Waals surface area contributed by atoms with Crippen LogP contribution in [0.4, 0.5) is 0 Å². The van der Waals surface area contributed by atoms with Gasteiger partial charge in [-0.15, -0.1) is 24.0 Å². The molecule has 1 aromatic heterocycles. The highest BCUT2D eigenvalue weighted by Gasteiger charge is 2.11. The van der Waals surface area contributed by atoms with Gasteiger partial charge < -0.3 is 15.1 Å². The summed E-state index contributed by atoms with van der Waals surface area (Å²) >= 11 is 0. The Labute approximate surface area is 206 Å². The molecule has 3 rings (SSSR count). The summed E-state index contributed by atoms with van der Waals surface area (Å²) in [6, 6.07) is 19.0. The lowest BCUT2D eigenvalue weighted by Crippen LogP contribution is -2.41. The molecule has 0 aliphatic rings. The van der Waals surface area contributed by atoms with E-state index in [0.29, 0.717) is 30.6 Å². The molecule has 0 spiro atoms. The van der Waals surface area contributed by atoms with E-state index in [1.165, 1.54) is 0 Å². The number of sulfonamides is 1. The number of hydrogen-bond acceptors (Lipinski definition) is 5. The van der Waals surface area contributed by atoms with E-state index in [1.54, 1.807) is 6.26 Å². The summed E-state index contributed by atoms with van der Waals surface area (Å²) in [5, 5.41) is 6.15. The Kier molecular flexibility index (Phi) is 10.6. The molecule has 3 N–H and O–H groups in total. The molecule has 2 aromatic carbocycles. The van der Waals surface area contributed by atoms with Crippen LogP contribution in [0.25, 0.3) is 11.5 Å². The number of benzene rings is 2.